The molecule has 4 heteroatoms. The van der Waals surface area contributed by atoms with E-state index in [4.69, 9.17) is 0 Å². The van der Waals surface area contributed by atoms with Gasteiger partial charge in [0.2, 0.25) is 0 Å². The predicted octanol–water partition coefficient (Wildman–Crippen LogP) is 3.33. The minimum atomic E-state index is -0.736. The zero-order valence-corrected chi connectivity index (χ0v) is 12.1. The second-order valence-corrected chi connectivity index (χ2v) is 5.08. The molecule has 0 fully saturated rings. The molecule has 0 spiro atoms. The monoisotopic (exact) mass is 284 g/mol. The van der Waals surface area contributed by atoms with E-state index in [-0.39, 0.29) is 6.04 Å². The second-order valence-electron chi connectivity index (χ2n) is 5.08. The van der Waals surface area contributed by atoms with Gasteiger partial charge in [0.1, 0.15) is 6.10 Å². The Morgan fingerprint density at radius 2 is 1.62 bits per heavy atom. The number of aliphatic hydroxyl groups excluding tert-OH is 1. The van der Waals surface area contributed by atoms with Crippen molar-refractivity contribution in [3.8, 4) is 0 Å². The molecular weight excluding hydrogens is 264 g/mol. The van der Waals surface area contributed by atoms with Crippen LogP contribution in [0.1, 0.15) is 24.2 Å². The Balaban J connectivity index is 1.98. The molecule has 2 aromatic rings. The van der Waals surface area contributed by atoms with E-state index in [1.165, 1.54) is 5.01 Å². The lowest BCUT2D eigenvalue weighted by Crippen LogP contribution is -2.34. The Morgan fingerprint density at radius 3 is 2.19 bits per heavy atom. The van der Waals surface area contributed by atoms with Gasteiger partial charge in [-0.15, -0.1) is 4.91 Å². The van der Waals surface area contributed by atoms with Gasteiger partial charge in [-0.2, -0.15) is 0 Å². The summed E-state index contributed by atoms with van der Waals surface area (Å²) in [5.74, 6) is 0. The topological polar surface area (TPSA) is 52.9 Å². The third kappa shape index (κ3) is 4.13. The molecule has 0 bridgehead atoms. The Labute approximate surface area is 125 Å². The zero-order valence-electron chi connectivity index (χ0n) is 12.1. The Morgan fingerprint density at radius 1 is 1.05 bits per heavy atom. The summed E-state index contributed by atoms with van der Waals surface area (Å²) in [6.45, 7) is 2.29. The fourth-order valence-electron chi connectivity index (χ4n) is 2.30. The molecule has 2 rings (SSSR count). The number of hydrogen-bond donors (Lipinski definition) is 1. The largest absolute Gasteiger partial charge is 0.386 e. The fourth-order valence-corrected chi connectivity index (χ4v) is 2.30. The molecule has 0 unspecified atom stereocenters. The maximum Gasteiger partial charge on any atom is 0.101 e. The highest BCUT2D eigenvalue weighted by atomic mass is 16.3. The smallest absolute Gasteiger partial charge is 0.101 e. The maximum atomic E-state index is 11.1. The van der Waals surface area contributed by atoms with Crippen molar-refractivity contribution in [2.45, 2.75) is 25.5 Å². The average Bonchev–Trinajstić information content (AvgIpc) is 2.56. The summed E-state index contributed by atoms with van der Waals surface area (Å²) in [6.07, 6.45) is -0.0157. The molecule has 0 aliphatic carbocycles. The van der Waals surface area contributed by atoms with Crippen molar-refractivity contribution in [1.82, 2.24) is 5.01 Å². The average molecular weight is 284 g/mol. The summed E-state index contributed by atoms with van der Waals surface area (Å²) in [7, 11) is 0. The van der Waals surface area contributed by atoms with Crippen molar-refractivity contribution in [2.24, 2.45) is 5.29 Å². The van der Waals surface area contributed by atoms with Gasteiger partial charge in [-0.1, -0.05) is 60.7 Å². The summed E-state index contributed by atoms with van der Waals surface area (Å²) in [5.41, 5.74) is 1.94. The quantitative estimate of drug-likeness (QED) is 0.626. The van der Waals surface area contributed by atoms with Crippen molar-refractivity contribution >= 4 is 0 Å². The third-order valence-corrected chi connectivity index (χ3v) is 3.65. The molecule has 0 radical (unpaired) electrons. The highest BCUT2D eigenvalue weighted by molar-refractivity contribution is 5.19. The van der Waals surface area contributed by atoms with Crippen molar-refractivity contribution in [2.75, 3.05) is 6.54 Å². The van der Waals surface area contributed by atoms with Gasteiger partial charge >= 0.3 is 0 Å². The van der Waals surface area contributed by atoms with Gasteiger partial charge in [0.05, 0.1) is 11.3 Å². The molecule has 0 amide bonds. The maximum absolute atomic E-state index is 11.1. The van der Waals surface area contributed by atoms with Crippen LogP contribution < -0.4 is 0 Å². The first-order valence-electron chi connectivity index (χ1n) is 7.09. The van der Waals surface area contributed by atoms with Gasteiger partial charge in [-0.3, -0.25) is 5.01 Å². The van der Waals surface area contributed by atoms with Crippen LogP contribution in [0.4, 0.5) is 0 Å². The van der Waals surface area contributed by atoms with E-state index in [0.29, 0.717) is 6.54 Å². The fraction of sp³-hybridized carbons (Fsp3) is 0.294. The molecule has 21 heavy (non-hydrogen) atoms. The summed E-state index contributed by atoms with van der Waals surface area (Å²) < 4.78 is 0. The molecule has 0 saturated heterocycles. The number of aliphatic hydroxyl groups is 1. The van der Waals surface area contributed by atoms with Crippen molar-refractivity contribution in [1.29, 1.82) is 0 Å². The Hall–Kier alpha value is -2.20. The number of benzene rings is 2. The summed E-state index contributed by atoms with van der Waals surface area (Å²) in [6, 6.07) is 18.9. The Kier molecular flexibility index (Phi) is 5.46. The molecule has 1 N–H and O–H groups in total. The van der Waals surface area contributed by atoms with Crippen LogP contribution in [-0.2, 0) is 6.42 Å². The van der Waals surface area contributed by atoms with Crippen LogP contribution in [0.2, 0.25) is 0 Å². The first-order chi connectivity index (χ1) is 10.2. The van der Waals surface area contributed by atoms with Gasteiger partial charge in [0.15, 0.2) is 0 Å². The van der Waals surface area contributed by atoms with Crippen molar-refractivity contribution < 1.29 is 5.11 Å². The van der Waals surface area contributed by atoms with Crippen LogP contribution in [0.15, 0.2) is 65.9 Å². The molecule has 2 atom stereocenters. The Bertz CT molecular complexity index is 545. The number of rotatable bonds is 7. The van der Waals surface area contributed by atoms with Crippen LogP contribution in [0.25, 0.3) is 0 Å². The van der Waals surface area contributed by atoms with E-state index in [0.717, 1.165) is 17.5 Å². The van der Waals surface area contributed by atoms with E-state index in [2.05, 4.69) is 5.29 Å². The molecule has 0 aliphatic rings. The summed E-state index contributed by atoms with van der Waals surface area (Å²) in [5, 5.41) is 14.8. The molecule has 0 heterocycles. The van der Waals surface area contributed by atoms with Gasteiger partial charge in [-0.05, 0) is 24.5 Å². The lowest BCUT2D eigenvalue weighted by Gasteiger charge is -2.27. The minimum absolute atomic E-state index is 0.367. The van der Waals surface area contributed by atoms with Gasteiger partial charge in [0.25, 0.3) is 0 Å². The van der Waals surface area contributed by atoms with Crippen LogP contribution in [-0.4, -0.2) is 22.7 Å². The second kappa shape index (κ2) is 7.55. The van der Waals surface area contributed by atoms with Crippen molar-refractivity contribution in [3.05, 3.63) is 76.7 Å². The summed E-state index contributed by atoms with van der Waals surface area (Å²) >= 11 is 0. The molecule has 4 nitrogen and oxygen atoms in total. The van der Waals surface area contributed by atoms with E-state index in [9.17, 15) is 10.0 Å². The summed E-state index contributed by atoms with van der Waals surface area (Å²) in [4.78, 5) is 11.1. The highest BCUT2D eigenvalue weighted by Gasteiger charge is 2.22. The van der Waals surface area contributed by atoms with Crippen LogP contribution in [0, 0.1) is 4.91 Å². The SMILES string of the molecule is C[C@@H]([C@H](O)c1ccccc1)N(CCc1ccccc1)N=O. The molecule has 0 aliphatic heterocycles. The van der Waals surface area contributed by atoms with Crippen LogP contribution in [0.5, 0.6) is 0 Å². The molecule has 110 valence electrons. The zero-order chi connectivity index (χ0) is 15.1. The van der Waals surface area contributed by atoms with Crippen LogP contribution in [0.3, 0.4) is 0 Å². The first-order valence-corrected chi connectivity index (χ1v) is 7.09. The van der Waals surface area contributed by atoms with Gasteiger partial charge in [-0.25, -0.2) is 0 Å². The normalized spacial score (nSPS) is 13.4. The molecule has 0 aromatic heterocycles. The predicted molar refractivity (Wildman–Crippen MR) is 83.5 cm³/mol. The van der Waals surface area contributed by atoms with Crippen molar-refractivity contribution in [3.63, 3.8) is 0 Å². The molecule has 0 saturated carbocycles. The lowest BCUT2D eigenvalue weighted by atomic mass is 10.0. The standard InChI is InChI=1S/C17H20N2O2/c1-14(17(20)16-10-6-3-7-11-16)19(18-21)13-12-15-8-4-2-5-9-15/h2-11,14,17,20H,12-13H2,1H3/t14-,17-/m0/s1. The van der Waals surface area contributed by atoms with E-state index in [1.807, 2.05) is 67.6 Å². The third-order valence-electron chi connectivity index (χ3n) is 3.65. The van der Waals surface area contributed by atoms with Gasteiger partial charge < -0.3 is 5.11 Å². The highest BCUT2D eigenvalue weighted by Crippen LogP contribution is 2.21. The number of nitrogens with zero attached hydrogens (tertiary/aromatic N) is 2. The van der Waals surface area contributed by atoms with Gasteiger partial charge in [0, 0.05) is 6.54 Å². The first kappa shape index (κ1) is 15.2. The van der Waals surface area contributed by atoms with Crippen LogP contribution >= 0.6 is 0 Å². The lowest BCUT2D eigenvalue weighted by molar-refractivity contribution is 0.0588. The number of hydrogen-bond acceptors (Lipinski definition) is 3. The molecular formula is C17H20N2O2. The number of nitroso groups, excluding NO2 is 1. The minimum Gasteiger partial charge on any atom is -0.386 e. The van der Waals surface area contributed by atoms with E-state index >= 15 is 0 Å². The molecule has 2 aromatic carbocycles. The van der Waals surface area contributed by atoms with E-state index < -0.39 is 6.10 Å². The van der Waals surface area contributed by atoms with E-state index in [1.54, 1.807) is 0 Å².